The van der Waals surface area contributed by atoms with E-state index in [4.69, 9.17) is 21.1 Å². The van der Waals surface area contributed by atoms with Crippen LogP contribution < -0.4 is 4.74 Å². The number of likely N-dealkylation sites (tertiary alicyclic amines) is 1. The predicted octanol–water partition coefficient (Wildman–Crippen LogP) is 6.65. The lowest BCUT2D eigenvalue weighted by atomic mass is 9.97. The Hall–Kier alpha value is -2.61. The van der Waals surface area contributed by atoms with Crippen LogP contribution in [0.3, 0.4) is 0 Å². The molecule has 1 saturated heterocycles. The van der Waals surface area contributed by atoms with Crippen molar-refractivity contribution < 1.29 is 22.6 Å². The predicted molar refractivity (Wildman–Crippen MR) is 130 cm³/mol. The average molecular weight is 505 g/mol. The number of nitrogens with zero attached hydrogens (tertiary/aromatic N) is 2. The van der Waals surface area contributed by atoms with Gasteiger partial charge in [-0.15, -0.1) is 0 Å². The lowest BCUT2D eigenvalue weighted by molar-refractivity contribution is -0.139. The summed E-state index contributed by atoms with van der Waals surface area (Å²) in [5, 5.41) is 0.673. The molecule has 3 aromatic rings. The monoisotopic (exact) mass is 504 g/mol. The number of para-hydroxylation sites is 1. The van der Waals surface area contributed by atoms with Crippen LogP contribution in [-0.4, -0.2) is 42.7 Å². The molecule has 1 aliphatic heterocycles. The largest absolute Gasteiger partial charge is 0.492 e. The molecule has 0 aliphatic carbocycles. The van der Waals surface area contributed by atoms with E-state index in [1.54, 1.807) is 12.3 Å². The molecule has 1 atom stereocenters. The van der Waals surface area contributed by atoms with Crippen LogP contribution in [0.2, 0.25) is 5.02 Å². The van der Waals surface area contributed by atoms with Crippen molar-refractivity contribution in [1.29, 1.82) is 0 Å². The van der Waals surface area contributed by atoms with Crippen LogP contribution in [0.15, 0.2) is 72.9 Å². The fourth-order valence-electron chi connectivity index (χ4n) is 4.24. The third-order valence-corrected chi connectivity index (χ3v) is 6.44. The van der Waals surface area contributed by atoms with Crippen LogP contribution in [0, 0.1) is 5.92 Å². The molecule has 0 amide bonds. The first-order chi connectivity index (χ1) is 16.9. The molecule has 1 unspecified atom stereocenters. The number of hydrogen-bond acceptors (Lipinski definition) is 4. The maximum absolute atomic E-state index is 13.1. The Bertz CT molecular complexity index is 1060. The second-order valence-electron chi connectivity index (χ2n) is 8.65. The van der Waals surface area contributed by atoms with E-state index in [1.165, 1.54) is 12.1 Å². The van der Waals surface area contributed by atoms with Crippen molar-refractivity contribution in [3.05, 3.63) is 94.8 Å². The fraction of sp³-hybridized carbons (Fsp3) is 0.370. The number of piperidine rings is 1. The summed E-state index contributed by atoms with van der Waals surface area (Å²) in [5.41, 5.74) is 1.12. The number of hydrogen-bond donors (Lipinski definition) is 0. The molecule has 8 heteroatoms. The van der Waals surface area contributed by atoms with Gasteiger partial charge in [-0.1, -0.05) is 41.9 Å². The highest BCUT2D eigenvalue weighted by Crippen LogP contribution is 2.36. The molecular formula is C27H28ClF3N2O2. The third kappa shape index (κ3) is 7.19. The fourth-order valence-corrected chi connectivity index (χ4v) is 4.37. The second-order valence-corrected chi connectivity index (χ2v) is 9.08. The summed E-state index contributed by atoms with van der Waals surface area (Å²) in [6.45, 7) is 3.11. The molecule has 0 saturated carbocycles. The van der Waals surface area contributed by atoms with Crippen LogP contribution in [-0.2, 0) is 10.9 Å². The van der Waals surface area contributed by atoms with Gasteiger partial charge in [0.2, 0.25) is 0 Å². The topological polar surface area (TPSA) is 34.6 Å². The zero-order chi connectivity index (χ0) is 24.7. The van der Waals surface area contributed by atoms with E-state index in [-0.39, 0.29) is 18.5 Å². The number of benzene rings is 2. The highest BCUT2D eigenvalue weighted by Gasteiger charge is 2.34. The molecular weight excluding hydrogens is 477 g/mol. The highest BCUT2D eigenvalue weighted by molar-refractivity contribution is 6.30. The van der Waals surface area contributed by atoms with Gasteiger partial charge in [0.1, 0.15) is 18.5 Å². The normalized spacial score (nSPS) is 16.2. The molecule has 0 radical (unpaired) electrons. The van der Waals surface area contributed by atoms with Crippen molar-refractivity contribution in [2.24, 2.45) is 5.92 Å². The standard InChI is InChI=1S/C27H28ClF3N2O2/c28-22-10-8-21(9-11-22)26(24-6-3-4-14-32-24)35-19-20-12-15-33(16-13-20)17-18-34-25-7-2-1-5-23(25)27(29,30)31/h1-11,14,20,26H,12-13,15-19H2. The summed E-state index contributed by atoms with van der Waals surface area (Å²) in [7, 11) is 0. The van der Waals surface area contributed by atoms with Gasteiger partial charge in [-0.05, 0) is 73.8 Å². The number of rotatable bonds is 9. The minimum Gasteiger partial charge on any atom is -0.492 e. The second kappa shape index (κ2) is 11.9. The number of aromatic nitrogens is 1. The van der Waals surface area contributed by atoms with Gasteiger partial charge in [-0.25, -0.2) is 0 Å². The molecule has 2 heterocycles. The first-order valence-electron chi connectivity index (χ1n) is 11.7. The molecule has 35 heavy (non-hydrogen) atoms. The Balaban J connectivity index is 1.25. The zero-order valence-electron chi connectivity index (χ0n) is 19.3. The lowest BCUT2D eigenvalue weighted by Gasteiger charge is -2.32. The highest BCUT2D eigenvalue weighted by atomic mass is 35.5. The van der Waals surface area contributed by atoms with E-state index in [2.05, 4.69) is 9.88 Å². The van der Waals surface area contributed by atoms with E-state index in [0.29, 0.717) is 24.1 Å². The Morgan fingerprint density at radius 2 is 1.69 bits per heavy atom. The molecule has 2 aromatic carbocycles. The number of alkyl halides is 3. The number of halogens is 4. The van der Waals surface area contributed by atoms with Crippen molar-refractivity contribution >= 4 is 11.6 Å². The van der Waals surface area contributed by atoms with E-state index in [1.807, 2.05) is 42.5 Å². The lowest BCUT2D eigenvalue weighted by Crippen LogP contribution is -2.37. The van der Waals surface area contributed by atoms with Crippen LogP contribution in [0.25, 0.3) is 0 Å². The summed E-state index contributed by atoms with van der Waals surface area (Å²) in [4.78, 5) is 6.71. The van der Waals surface area contributed by atoms with Crippen molar-refractivity contribution in [1.82, 2.24) is 9.88 Å². The van der Waals surface area contributed by atoms with E-state index < -0.39 is 11.7 Å². The van der Waals surface area contributed by atoms with Gasteiger partial charge in [0.15, 0.2) is 0 Å². The first-order valence-corrected chi connectivity index (χ1v) is 12.1. The van der Waals surface area contributed by atoms with Crippen molar-refractivity contribution in [2.75, 3.05) is 32.8 Å². The van der Waals surface area contributed by atoms with E-state index >= 15 is 0 Å². The Labute approximate surface area is 208 Å². The molecule has 4 nitrogen and oxygen atoms in total. The van der Waals surface area contributed by atoms with Crippen molar-refractivity contribution in [3.63, 3.8) is 0 Å². The Morgan fingerprint density at radius 1 is 0.971 bits per heavy atom. The minimum atomic E-state index is -4.42. The van der Waals surface area contributed by atoms with Gasteiger partial charge in [0, 0.05) is 17.8 Å². The van der Waals surface area contributed by atoms with Gasteiger partial charge >= 0.3 is 6.18 Å². The van der Waals surface area contributed by atoms with Crippen LogP contribution >= 0.6 is 11.6 Å². The van der Waals surface area contributed by atoms with Crippen LogP contribution in [0.1, 0.15) is 35.8 Å². The maximum Gasteiger partial charge on any atom is 0.419 e. The maximum atomic E-state index is 13.1. The molecule has 1 fully saturated rings. The zero-order valence-corrected chi connectivity index (χ0v) is 20.0. The minimum absolute atomic E-state index is 0.119. The SMILES string of the molecule is FC(F)(F)c1ccccc1OCCN1CCC(COC(c2ccc(Cl)cc2)c2ccccn2)CC1. The van der Waals surface area contributed by atoms with Gasteiger partial charge in [-0.3, -0.25) is 9.88 Å². The summed E-state index contributed by atoms with van der Waals surface area (Å²) in [6, 6.07) is 18.7. The van der Waals surface area contributed by atoms with Gasteiger partial charge in [-0.2, -0.15) is 13.2 Å². The quantitative estimate of drug-likeness (QED) is 0.327. The Morgan fingerprint density at radius 3 is 2.37 bits per heavy atom. The van der Waals surface area contributed by atoms with Gasteiger partial charge in [0.05, 0.1) is 17.9 Å². The summed E-state index contributed by atoms with van der Waals surface area (Å²) >= 11 is 6.05. The van der Waals surface area contributed by atoms with E-state index in [9.17, 15) is 13.2 Å². The van der Waals surface area contributed by atoms with Gasteiger partial charge in [0.25, 0.3) is 0 Å². The average Bonchev–Trinajstić information content (AvgIpc) is 2.86. The smallest absolute Gasteiger partial charge is 0.419 e. The van der Waals surface area contributed by atoms with Gasteiger partial charge < -0.3 is 9.47 Å². The number of ether oxygens (including phenoxy) is 2. The van der Waals surface area contributed by atoms with Crippen LogP contribution in [0.5, 0.6) is 5.75 Å². The Kier molecular flexibility index (Phi) is 8.65. The summed E-state index contributed by atoms with van der Waals surface area (Å²) in [5.74, 6) is 0.280. The first kappa shape index (κ1) is 25.5. The molecule has 0 spiro atoms. The number of pyridine rings is 1. The third-order valence-electron chi connectivity index (χ3n) is 6.19. The molecule has 0 bridgehead atoms. The molecule has 1 aromatic heterocycles. The molecule has 4 rings (SSSR count). The van der Waals surface area contributed by atoms with Crippen LogP contribution in [0.4, 0.5) is 13.2 Å². The molecule has 186 valence electrons. The van der Waals surface area contributed by atoms with E-state index in [0.717, 1.165) is 43.3 Å². The van der Waals surface area contributed by atoms with Crippen molar-refractivity contribution in [3.8, 4) is 5.75 Å². The molecule has 0 N–H and O–H groups in total. The summed E-state index contributed by atoms with van der Waals surface area (Å²) < 4.78 is 51.2. The molecule has 1 aliphatic rings. The summed E-state index contributed by atoms with van der Waals surface area (Å²) in [6.07, 6.45) is -1.03. The van der Waals surface area contributed by atoms with Crippen molar-refractivity contribution in [2.45, 2.75) is 25.1 Å².